The largest absolute Gasteiger partial charge is 0.481 e. The first-order valence-electron chi connectivity index (χ1n) is 12.4. The normalized spacial score (nSPS) is 24.5. The minimum atomic E-state index is -1.08. The zero-order chi connectivity index (χ0) is 21.6. The highest BCUT2D eigenvalue weighted by Crippen LogP contribution is 2.56. The van der Waals surface area contributed by atoms with Crippen molar-refractivity contribution < 1.29 is 19.8 Å². The fourth-order valence-electron chi connectivity index (χ4n) is 5.47. The summed E-state index contributed by atoms with van der Waals surface area (Å²) in [5.74, 6) is -1.75. The summed E-state index contributed by atoms with van der Waals surface area (Å²) in [6.07, 6.45) is 18.9. The molecule has 1 aliphatic carbocycles. The molecular weight excluding hydrogens is 364 g/mol. The van der Waals surface area contributed by atoms with Crippen LogP contribution in [0.2, 0.25) is 0 Å². The van der Waals surface area contributed by atoms with Crippen LogP contribution in [0, 0.1) is 10.8 Å². The maximum atomic E-state index is 12.4. The van der Waals surface area contributed by atoms with Crippen molar-refractivity contribution in [2.24, 2.45) is 10.8 Å². The van der Waals surface area contributed by atoms with Gasteiger partial charge in [0.2, 0.25) is 0 Å². The molecule has 0 radical (unpaired) electrons. The Morgan fingerprint density at radius 2 is 0.931 bits per heavy atom. The van der Waals surface area contributed by atoms with E-state index in [-0.39, 0.29) is 0 Å². The Bertz CT molecular complexity index is 475. The van der Waals surface area contributed by atoms with Gasteiger partial charge < -0.3 is 10.2 Å². The van der Waals surface area contributed by atoms with Gasteiger partial charge in [-0.1, -0.05) is 110 Å². The molecule has 4 nitrogen and oxygen atoms in total. The molecule has 170 valence electrons. The number of hydrogen-bond donors (Lipinski definition) is 2. The van der Waals surface area contributed by atoms with Crippen LogP contribution in [0.15, 0.2) is 0 Å². The Labute approximate surface area is 178 Å². The van der Waals surface area contributed by atoms with E-state index in [1.54, 1.807) is 0 Å². The predicted octanol–water partition coefficient (Wildman–Crippen LogP) is 7.59. The summed E-state index contributed by atoms with van der Waals surface area (Å²) in [4.78, 5) is 24.7. The minimum Gasteiger partial charge on any atom is -0.481 e. The predicted molar refractivity (Wildman–Crippen MR) is 119 cm³/mol. The van der Waals surface area contributed by atoms with Crippen LogP contribution in [0.25, 0.3) is 0 Å². The average Bonchev–Trinajstić information content (AvgIpc) is 2.70. The number of carbonyl (C=O) groups is 2. The van der Waals surface area contributed by atoms with Gasteiger partial charge in [0.15, 0.2) is 0 Å². The zero-order valence-electron chi connectivity index (χ0n) is 19.1. The second-order valence-electron chi connectivity index (χ2n) is 9.37. The fourth-order valence-corrected chi connectivity index (χ4v) is 5.47. The molecule has 0 spiro atoms. The van der Waals surface area contributed by atoms with Crippen molar-refractivity contribution in [3.63, 3.8) is 0 Å². The van der Waals surface area contributed by atoms with E-state index >= 15 is 0 Å². The standard InChI is InChI=1S/C25H46O4/c1-3-5-7-8-9-10-11-12-13-14-15-19-25(23(28)29)21-17-16-20-24(25,22(26)27)18-6-4-2/h3-21H2,1-2H3,(H,26,27)(H,28,29). The number of carboxylic acid groups (broad SMARTS) is 2. The van der Waals surface area contributed by atoms with Crippen molar-refractivity contribution in [1.29, 1.82) is 0 Å². The first-order valence-corrected chi connectivity index (χ1v) is 12.4. The van der Waals surface area contributed by atoms with Gasteiger partial charge in [0.05, 0.1) is 10.8 Å². The summed E-state index contributed by atoms with van der Waals surface area (Å²) in [5.41, 5.74) is -2.16. The fraction of sp³-hybridized carbons (Fsp3) is 0.920. The van der Waals surface area contributed by atoms with E-state index in [1.807, 2.05) is 6.92 Å². The van der Waals surface area contributed by atoms with Gasteiger partial charge in [-0.15, -0.1) is 0 Å². The molecule has 2 N–H and O–H groups in total. The lowest BCUT2D eigenvalue weighted by Crippen LogP contribution is -2.54. The molecule has 0 saturated heterocycles. The molecule has 29 heavy (non-hydrogen) atoms. The quantitative estimate of drug-likeness (QED) is 0.242. The second kappa shape index (κ2) is 14.0. The zero-order valence-corrected chi connectivity index (χ0v) is 19.1. The molecular formula is C25H46O4. The molecule has 1 saturated carbocycles. The average molecular weight is 411 g/mol. The Kier molecular flexibility index (Phi) is 12.6. The Hall–Kier alpha value is -1.06. The van der Waals surface area contributed by atoms with Gasteiger partial charge in [-0.2, -0.15) is 0 Å². The van der Waals surface area contributed by atoms with E-state index in [0.717, 1.165) is 44.9 Å². The van der Waals surface area contributed by atoms with Crippen LogP contribution in [0.5, 0.6) is 0 Å². The van der Waals surface area contributed by atoms with Crippen LogP contribution in [0.1, 0.15) is 136 Å². The number of carboxylic acids is 2. The third kappa shape index (κ3) is 7.29. The van der Waals surface area contributed by atoms with Crippen molar-refractivity contribution in [3.05, 3.63) is 0 Å². The maximum Gasteiger partial charge on any atom is 0.310 e. The van der Waals surface area contributed by atoms with E-state index in [9.17, 15) is 19.8 Å². The lowest BCUT2D eigenvalue weighted by Gasteiger charge is -2.48. The molecule has 0 aromatic heterocycles. The highest BCUT2D eigenvalue weighted by atomic mass is 16.4. The summed E-state index contributed by atoms with van der Waals surface area (Å²) in [6, 6.07) is 0. The molecule has 2 atom stereocenters. The molecule has 1 aliphatic rings. The first-order chi connectivity index (χ1) is 14.0. The molecule has 0 aromatic carbocycles. The van der Waals surface area contributed by atoms with E-state index in [1.165, 1.54) is 51.4 Å². The molecule has 0 aromatic rings. The highest BCUT2D eigenvalue weighted by Gasteiger charge is 2.61. The lowest BCUT2D eigenvalue weighted by atomic mass is 9.52. The number of hydrogen-bond acceptors (Lipinski definition) is 2. The third-order valence-electron chi connectivity index (χ3n) is 7.36. The van der Waals surface area contributed by atoms with Gasteiger partial charge in [-0.25, -0.2) is 0 Å². The molecule has 2 unspecified atom stereocenters. The summed E-state index contributed by atoms with van der Waals surface area (Å²) < 4.78 is 0. The van der Waals surface area contributed by atoms with E-state index in [4.69, 9.17) is 0 Å². The van der Waals surface area contributed by atoms with Crippen LogP contribution in [-0.4, -0.2) is 22.2 Å². The summed E-state index contributed by atoms with van der Waals surface area (Å²) in [7, 11) is 0. The second-order valence-corrected chi connectivity index (χ2v) is 9.37. The van der Waals surface area contributed by atoms with E-state index < -0.39 is 22.8 Å². The van der Waals surface area contributed by atoms with Crippen LogP contribution in [0.4, 0.5) is 0 Å². The van der Waals surface area contributed by atoms with E-state index in [2.05, 4.69) is 6.92 Å². The van der Waals surface area contributed by atoms with Crippen molar-refractivity contribution >= 4 is 11.9 Å². The minimum absolute atomic E-state index is 0.503. The van der Waals surface area contributed by atoms with Gasteiger partial charge in [-0.3, -0.25) is 9.59 Å². The van der Waals surface area contributed by atoms with Crippen molar-refractivity contribution in [3.8, 4) is 0 Å². The maximum absolute atomic E-state index is 12.4. The Morgan fingerprint density at radius 3 is 1.31 bits per heavy atom. The summed E-state index contributed by atoms with van der Waals surface area (Å²) >= 11 is 0. The monoisotopic (exact) mass is 410 g/mol. The van der Waals surface area contributed by atoms with Gasteiger partial charge in [0.25, 0.3) is 0 Å². The van der Waals surface area contributed by atoms with Gasteiger partial charge in [0, 0.05) is 0 Å². The molecule has 4 heteroatoms. The number of unbranched alkanes of at least 4 members (excludes halogenated alkanes) is 11. The number of aliphatic carboxylic acids is 2. The molecule has 0 amide bonds. The molecule has 0 heterocycles. The smallest absolute Gasteiger partial charge is 0.310 e. The van der Waals surface area contributed by atoms with Crippen molar-refractivity contribution in [1.82, 2.24) is 0 Å². The SMILES string of the molecule is CCCCCCCCCCCCCC1(C(=O)O)CCCCC1(CCCC)C(=O)O. The first kappa shape index (κ1) is 26.0. The van der Waals surface area contributed by atoms with Crippen LogP contribution in [-0.2, 0) is 9.59 Å². The topological polar surface area (TPSA) is 74.6 Å². The molecule has 1 rings (SSSR count). The van der Waals surface area contributed by atoms with Gasteiger partial charge >= 0.3 is 11.9 Å². The lowest BCUT2D eigenvalue weighted by molar-refractivity contribution is -0.182. The van der Waals surface area contributed by atoms with Gasteiger partial charge in [0.1, 0.15) is 0 Å². The Balaban J connectivity index is 2.51. The van der Waals surface area contributed by atoms with Gasteiger partial charge in [-0.05, 0) is 25.7 Å². The summed E-state index contributed by atoms with van der Waals surface area (Å²) in [6.45, 7) is 4.29. The van der Waals surface area contributed by atoms with Crippen molar-refractivity contribution in [2.75, 3.05) is 0 Å². The van der Waals surface area contributed by atoms with Crippen LogP contribution < -0.4 is 0 Å². The Morgan fingerprint density at radius 1 is 0.586 bits per heavy atom. The molecule has 0 aliphatic heterocycles. The van der Waals surface area contributed by atoms with Crippen LogP contribution >= 0.6 is 0 Å². The van der Waals surface area contributed by atoms with E-state index in [0.29, 0.717) is 25.7 Å². The van der Waals surface area contributed by atoms with Crippen LogP contribution in [0.3, 0.4) is 0 Å². The third-order valence-corrected chi connectivity index (χ3v) is 7.36. The number of rotatable bonds is 17. The highest BCUT2D eigenvalue weighted by molar-refractivity contribution is 5.87. The molecule has 0 bridgehead atoms. The molecule has 1 fully saturated rings. The summed E-state index contributed by atoms with van der Waals surface area (Å²) in [5, 5.41) is 20.3. The van der Waals surface area contributed by atoms with Crippen molar-refractivity contribution in [2.45, 2.75) is 136 Å².